The molecule has 0 aliphatic rings. The lowest BCUT2D eigenvalue weighted by molar-refractivity contribution is -0.114. The number of nitrogens with zero attached hydrogens (tertiary/aromatic N) is 1. The van der Waals surface area contributed by atoms with Gasteiger partial charge in [0.1, 0.15) is 6.54 Å². The molecule has 0 spiro atoms. The normalized spacial score (nSPS) is 11.2. The maximum atomic E-state index is 13.4. The number of hydrogen-bond donors (Lipinski definition) is 1. The van der Waals surface area contributed by atoms with Crippen molar-refractivity contribution in [2.75, 3.05) is 16.2 Å². The van der Waals surface area contributed by atoms with E-state index in [9.17, 15) is 13.2 Å². The van der Waals surface area contributed by atoms with E-state index >= 15 is 0 Å². The molecule has 0 aliphatic heterocycles. The van der Waals surface area contributed by atoms with Gasteiger partial charge >= 0.3 is 0 Å². The molecule has 0 aromatic heterocycles. The molecule has 0 atom stereocenters. The number of hydrogen-bond acceptors (Lipinski definition) is 3. The molecule has 0 saturated carbocycles. The first-order chi connectivity index (χ1) is 14.3. The highest BCUT2D eigenvalue weighted by Crippen LogP contribution is 2.31. The van der Waals surface area contributed by atoms with Crippen molar-refractivity contribution >= 4 is 38.9 Å². The van der Waals surface area contributed by atoms with Crippen LogP contribution in [0.15, 0.2) is 77.7 Å². The van der Waals surface area contributed by atoms with E-state index < -0.39 is 15.9 Å². The van der Waals surface area contributed by atoms with Crippen LogP contribution in [0.4, 0.5) is 11.4 Å². The Morgan fingerprint density at radius 3 is 2.33 bits per heavy atom. The number of carbonyl (C=O) groups is 1. The minimum atomic E-state index is -3.98. The summed E-state index contributed by atoms with van der Waals surface area (Å²) in [6, 6.07) is 20.5. The van der Waals surface area contributed by atoms with Crippen LogP contribution in [0.5, 0.6) is 0 Å². The molecule has 3 aromatic carbocycles. The predicted octanol–water partition coefficient (Wildman–Crippen LogP) is 5.04. The van der Waals surface area contributed by atoms with E-state index in [0.29, 0.717) is 22.0 Å². The molecule has 0 aliphatic carbocycles. The third kappa shape index (κ3) is 4.66. The van der Waals surface area contributed by atoms with Crippen LogP contribution in [0.25, 0.3) is 0 Å². The second-order valence-electron chi connectivity index (χ2n) is 6.77. The van der Waals surface area contributed by atoms with E-state index in [1.165, 1.54) is 12.1 Å². The Morgan fingerprint density at radius 2 is 1.63 bits per heavy atom. The highest BCUT2D eigenvalue weighted by atomic mass is 35.5. The topological polar surface area (TPSA) is 66.5 Å². The lowest BCUT2D eigenvalue weighted by Gasteiger charge is -2.26. The third-order valence-corrected chi connectivity index (χ3v) is 6.98. The number of sulfonamides is 1. The Hall–Kier alpha value is -2.83. The van der Waals surface area contributed by atoms with Gasteiger partial charge in [0.25, 0.3) is 10.0 Å². The highest BCUT2D eigenvalue weighted by molar-refractivity contribution is 7.92. The Kier molecular flexibility index (Phi) is 6.80. The van der Waals surface area contributed by atoms with Crippen molar-refractivity contribution in [3.8, 4) is 0 Å². The van der Waals surface area contributed by atoms with Gasteiger partial charge in [-0.15, -0.1) is 0 Å². The van der Waals surface area contributed by atoms with Crippen molar-refractivity contribution in [3.05, 3.63) is 88.9 Å². The van der Waals surface area contributed by atoms with Crippen LogP contribution in [0.3, 0.4) is 0 Å². The monoisotopic (exact) mass is 442 g/mol. The second kappa shape index (κ2) is 9.32. The summed E-state index contributed by atoms with van der Waals surface area (Å²) < 4.78 is 27.9. The largest absolute Gasteiger partial charge is 0.324 e. The fraction of sp³-hybridized carbons (Fsp3) is 0.174. The Labute approximate surface area is 182 Å². The Morgan fingerprint density at radius 1 is 0.967 bits per heavy atom. The molecule has 1 N–H and O–H groups in total. The summed E-state index contributed by atoms with van der Waals surface area (Å²) in [6.45, 7) is 3.35. The number of aryl methyl sites for hydroxylation is 1. The molecule has 0 fully saturated rings. The van der Waals surface area contributed by atoms with Crippen molar-refractivity contribution in [1.29, 1.82) is 0 Å². The van der Waals surface area contributed by atoms with Gasteiger partial charge in [0.15, 0.2) is 0 Å². The SMILES string of the molecule is CCc1ccccc1NC(=O)CN(c1cccc(Cl)c1C)S(=O)(=O)c1ccccc1. The lowest BCUT2D eigenvalue weighted by Crippen LogP contribution is -2.38. The fourth-order valence-electron chi connectivity index (χ4n) is 3.16. The standard InChI is InChI=1S/C23H23ClN2O3S/c1-3-18-10-7-8-14-21(18)25-23(27)16-26(22-15-9-13-20(24)17(22)2)30(28,29)19-11-5-4-6-12-19/h4-15H,3,16H2,1-2H3,(H,25,27). The van der Waals surface area contributed by atoms with Gasteiger partial charge in [-0.2, -0.15) is 0 Å². The number of nitrogens with one attached hydrogen (secondary N) is 1. The van der Waals surface area contributed by atoms with Crippen LogP contribution in [-0.4, -0.2) is 20.9 Å². The molecular formula is C23H23ClN2O3S. The molecule has 7 heteroatoms. The molecular weight excluding hydrogens is 420 g/mol. The highest BCUT2D eigenvalue weighted by Gasteiger charge is 2.28. The number of rotatable bonds is 7. The molecule has 5 nitrogen and oxygen atoms in total. The molecule has 0 heterocycles. The van der Waals surface area contributed by atoms with E-state index in [1.807, 2.05) is 25.1 Å². The first kappa shape index (κ1) is 21.9. The number of benzene rings is 3. The van der Waals surface area contributed by atoms with Crippen molar-refractivity contribution in [1.82, 2.24) is 0 Å². The van der Waals surface area contributed by atoms with Crippen molar-refractivity contribution in [3.63, 3.8) is 0 Å². The van der Waals surface area contributed by atoms with Gasteiger partial charge in [-0.05, 0) is 54.8 Å². The molecule has 0 bridgehead atoms. The summed E-state index contributed by atoms with van der Waals surface area (Å²) in [6.07, 6.45) is 0.746. The summed E-state index contributed by atoms with van der Waals surface area (Å²) in [5.74, 6) is -0.435. The zero-order valence-electron chi connectivity index (χ0n) is 16.8. The van der Waals surface area contributed by atoms with Gasteiger partial charge in [-0.25, -0.2) is 8.42 Å². The third-order valence-electron chi connectivity index (χ3n) is 4.80. The summed E-state index contributed by atoms with van der Waals surface area (Å²) in [7, 11) is -3.98. The molecule has 3 aromatic rings. The number of carbonyl (C=O) groups excluding carboxylic acids is 1. The minimum absolute atomic E-state index is 0.103. The van der Waals surface area contributed by atoms with E-state index in [0.717, 1.165) is 16.3 Å². The van der Waals surface area contributed by atoms with Crippen molar-refractivity contribution in [2.24, 2.45) is 0 Å². The number of halogens is 1. The molecule has 30 heavy (non-hydrogen) atoms. The molecule has 3 rings (SSSR count). The minimum Gasteiger partial charge on any atom is -0.324 e. The lowest BCUT2D eigenvalue weighted by atomic mass is 10.1. The van der Waals surface area contributed by atoms with Gasteiger partial charge in [0.05, 0.1) is 10.6 Å². The number of amides is 1. The van der Waals surface area contributed by atoms with Crippen LogP contribution in [0.2, 0.25) is 5.02 Å². The van der Waals surface area contributed by atoms with Crippen LogP contribution in [0, 0.1) is 6.92 Å². The average molecular weight is 443 g/mol. The Balaban J connectivity index is 2.00. The molecule has 0 radical (unpaired) electrons. The van der Waals surface area contributed by atoms with Crippen LogP contribution in [0.1, 0.15) is 18.1 Å². The molecule has 0 unspecified atom stereocenters. The first-order valence-corrected chi connectivity index (χ1v) is 11.4. The van der Waals surface area contributed by atoms with Crippen LogP contribution < -0.4 is 9.62 Å². The Bertz CT molecular complexity index is 1150. The van der Waals surface area contributed by atoms with E-state index in [1.54, 1.807) is 49.4 Å². The summed E-state index contributed by atoms with van der Waals surface area (Å²) in [5.41, 5.74) is 2.60. The molecule has 0 saturated heterocycles. The smallest absolute Gasteiger partial charge is 0.264 e. The maximum Gasteiger partial charge on any atom is 0.264 e. The quantitative estimate of drug-likeness (QED) is 0.557. The second-order valence-corrected chi connectivity index (χ2v) is 9.04. The average Bonchev–Trinajstić information content (AvgIpc) is 2.75. The van der Waals surface area contributed by atoms with Gasteiger partial charge in [-0.1, -0.05) is 61.0 Å². The molecule has 156 valence electrons. The van der Waals surface area contributed by atoms with E-state index in [4.69, 9.17) is 11.6 Å². The summed E-state index contributed by atoms with van der Waals surface area (Å²) >= 11 is 6.24. The van der Waals surface area contributed by atoms with Gasteiger partial charge in [0, 0.05) is 10.7 Å². The zero-order valence-corrected chi connectivity index (χ0v) is 18.4. The maximum absolute atomic E-state index is 13.4. The zero-order chi connectivity index (χ0) is 21.7. The van der Waals surface area contributed by atoms with E-state index in [2.05, 4.69) is 5.32 Å². The van der Waals surface area contributed by atoms with Crippen LogP contribution >= 0.6 is 11.6 Å². The summed E-state index contributed by atoms with van der Waals surface area (Å²) in [5, 5.41) is 3.27. The number of anilines is 2. The van der Waals surface area contributed by atoms with Gasteiger partial charge in [0.2, 0.25) is 5.91 Å². The number of para-hydroxylation sites is 1. The van der Waals surface area contributed by atoms with Gasteiger partial charge < -0.3 is 5.32 Å². The van der Waals surface area contributed by atoms with Crippen molar-refractivity contribution < 1.29 is 13.2 Å². The summed E-state index contributed by atoms with van der Waals surface area (Å²) in [4.78, 5) is 13.0. The van der Waals surface area contributed by atoms with Crippen LogP contribution in [-0.2, 0) is 21.2 Å². The van der Waals surface area contributed by atoms with Gasteiger partial charge in [-0.3, -0.25) is 9.10 Å². The first-order valence-electron chi connectivity index (χ1n) is 9.55. The van der Waals surface area contributed by atoms with Crippen molar-refractivity contribution in [2.45, 2.75) is 25.2 Å². The fourth-order valence-corrected chi connectivity index (χ4v) is 4.83. The molecule has 1 amide bonds. The van der Waals surface area contributed by atoms with E-state index in [-0.39, 0.29) is 11.4 Å². The predicted molar refractivity (Wildman–Crippen MR) is 122 cm³/mol.